The molecule has 21 heavy (non-hydrogen) atoms. The highest BCUT2D eigenvalue weighted by atomic mass is 16.5. The molecule has 0 bridgehead atoms. The minimum Gasteiger partial charge on any atom is -0.473 e. The SMILES string of the molecule is CCCNc1cn2ccnc2c(OCCOC(C)(C)C)n1. The van der Waals surface area contributed by atoms with Crippen molar-refractivity contribution in [3.63, 3.8) is 0 Å². The van der Waals surface area contributed by atoms with E-state index in [2.05, 4.69) is 22.2 Å². The molecule has 0 aliphatic rings. The van der Waals surface area contributed by atoms with Crippen LogP contribution >= 0.6 is 0 Å². The Morgan fingerprint density at radius 1 is 1.29 bits per heavy atom. The lowest BCUT2D eigenvalue weighted by atomic mass is 10.2. The molecule has 0 saturated heterocycles. The van der Waals surface area contributed by atoms with E-state index in [0.29, 0.717) is 24.7 Å². The number of ether oxygens (including phenoxy) is 2. The Hall–Kier alpha value is -1.82. The van der Waals surface area contributed by atoms with E-state index in [1.165, 1.54) is 0 Å². The molecule has 0 unspecified atom stereocenters. The Balaban J connectivity index is 2.04. The quantitative estimate of drug-likeness (QED) is 0.795. The number of aromatic nitrogens is 3. The van der Waals surface area contributed by atoms with Crippen molar-refractivity contribution in [3.05, 3.63) is 18.6 Å². The van der Waals surface area contributed by atoms with Crippen molar-refractivity contribution in [2.75, 3.05) is 25.1 Å². The van der Waals surface area contributed by atoms with Gasteiger partial charge in [-0.25, -0.2) is 4.98 Å². The van der Waals surface area contributed by atoms with Gasteiger partial charge in [-0.2, -0.15) is 4.98 Å². The van der Waals surface area contributed by atoms with Gasteiger partial charge >= 0.3 is 0 Å². The Labute approximate surface area is 125 Å². The first-order chi connectivity index (χ1) is 9.99. The topological polar surface area (TPSA) is 60.7 Å². The largest absolute Gasteiger partial charge is 0.473 e. The molecular formula is C15H24N4O2. The number of anilines is 1. The predicted molar refractivity (Wildman–Crippen MR) is 83.0 cm³/mol. The molecule has 0 radical (unpaired) electrons. The lowest BCUT2D eigenvalue weighted by molar-refractivity contribution is -0.0166. The summed E-state index contributed by atoms with van der Waals surface area (Å²) in [5.41, 5.74) is 0.553. The van der Waals surface area contributed by atoms with Gasteiger partial charge in [-0.1, -0.05) is 6.92 Å². The second-order valence-corrected chi connectivity index (χ2v) is 5.83. The van der Waals surface area contributed by atoms with Gasteiger partial charge in [0, 0.05) is 18.9 Å². The van der Waals surface area contributed by atoms with Gasteiger partial charge in [-0.05, 0) is 27.2 Å². The summed E-state index contributed by atoms with van der Waals surface area (Å²) in [5, 5.41) is 3.26. The molecule has 2 rings (SSSR count). The summed E-state index contributed by atoms with van der Waals surface area (Å²) in [6.07, 6.45) is 6.57. The first kappa shape index (κ1) is 15.6. The van der Waals surface area contributed by atoms with Crippen molar-refractivity contribution >= 4 is 11.5 Å². The van der Waals surface area contributed by atoms with Gasteiger partial charge in [0.1, 0.15) is 12.4 Å². The van der Waals surface area contributed by atoms with E-state index in [1.807, 2.05) is 37.6 Å². The summed E-state index contributed by atoms with van der Waals surface area (Å²) in [6.45, 7) is 10.0. The van der Waals surface area contributed by atoms with Gasteiger partial charge in [-0.3, -0.25) is 4.40 Å². The van der Waals surface area contributed by atoms with Crippen molar-refractivity contribution in [1.29, 1.82) is 0 Å². The third kappa shape index (κ3) is 4.60. The zero-order chi connectivity index (χ0) is 15.3. The third-order valence-corrected chi connectivity index (χ3v) is 2.76. The van der Waals surface area contributed by atoms with Crippen molar-refractivity contribution in [1.82, 2.24) is 14.4 Å². The zero-order valence-corrected chi connectivity index (χ0v) is 13.2. The Morgan fingerprint density at radius 2 is 2.10 bits per heavy atom. The van der Waals surface area contributed by atoms with E-state index < -0.39 is 0 Å². The first-order valence-corrected chi connectivity index (χ1v) is 7.34. The monoisotopic (exact) mass is 292 g/mol. The molecule has 0 aliphatic heterocycles. The van der Waals surface area contributed by atoms with E-state index in [4.69, 9.17) is 9.47 Å². The van der Waals surface area contributed by atoms with E-state index in [0.717, 1.165) is 18.8 Å². The fourth-order valence-corrected chi connectivity index (χ4v) is 1.82. The van der Waals surface area contributed by atoms with Crippen LogP contribution in [0.1, 0.15) is 34.1 Å². The van der Waals surface area contributed by atoms with Crippen molar-refractivity contribution in [2.45, 2.75) is 39.7 Å². The summed E-state index contributed by atoms with van der Waals surface area (Å²) < 4.78 is 13.3. The zero-order valence-electron chi connectivity index (χ0n) is 13.2. The average Bonchev–Trinajstić information content (AvgIpc) is 2.88. The highest BCUT2D eigenvalue weighted by Crippen LogP contribution is 2.18. The maximum atomic E-state index is 5.73. The van der Waals surface area contributed by atoms with E-state index in [1.54, 1.807) is 6.20 Å². The maximum absolute atomic E-state index is 5.73. The van der Waals surface area contributed by atoms with E-state index >= 15 is 0 Å². The minimum absolute atomic E-state index is 0.163. The molecule has 0 amide bonds. The summed E-state index contributed by atoms with van der Waals surface area (Å²) in [6, 6.07) is 0. The number of rotatable bonds is 7. The summed E-state index contributed by atoms with van der Waals surface area (Å²) in [7, 11) is 0. The smallest absolute Gasteiger partial charge is 0.260 e. The third-order valence-electron chi connectivity index (χ3n) is 2.76. The van der Waals surface area contributed by atoms with Crippen LogP contribution in [0.4, 0.5) is 5.82 Å². The fourth-order valence-electron chi connectivity index (χ4n) is 1.82. The minimum atomic E-state index is -0.163. The van der Waals surface area contributed by atoms with Crippen LogP contribution in [-0.4, -0.2) is 39.7 Å². The molecule has 0 saturated carbocycles. The maximum Gasteiger partial charge on any atom is 0.260 e. The molecule has 116 valence electrons. The van der Waals surface area contributed by atoms with Crippen LogP contribution in [0.25, 0.3) is 5.65 Å². The highest BCUT2D eigenvalue weighted by Gasteiger charge is 2.11. The van der Waals surface area contributed by atoms with Crippen LogP contribution in [0.3, 0.4) is 0 Å². The summed E-state index contributed by atoms with van der Waals surface area (Å²) >= 11 is 0. The van der Waals surface area contributed by atoms with Gasteiger partial charge in [0.15, 0.2) is 0 Å². The van der Waals surface area contributed by atoms with E-state index in [-0.39, 0.29) is 5.60 Å². The summed E-state index contributed by atoms with van der Waals surface area (Å²) in [4.78, 5) is 8.75. The lowest BCUT2D eigenvalue weighted by Crippen LogP contribution is -2.22. The number of nitrogens with zero attached hydrogens (tertiary/aromatic N) is 3. The van der Waals surface area contributed by atoms with Crippen molar-refractivity contribution < 1.29 is 9.47 Å². The van der Waals surface area contributed by atoms with Crippen molar-refractivity contribution in [2.24, 2.45) is 0 Å². The van der Waals surface area contributed by atoms with Crippen molar-refractivity contribution in [3.8, 4) is 5.88 Å². The molecule has 2 aromatic heterocycles. The van der Waals surface area contributed by atoms with Gasteiger partial charge in [0.05, 0.1) is 18.4 Å². The highest BCUT2D eigenvalue weighted by molar-refractivity contribution is 5.53. The molecule has 6 heteroatoms. The molecule has 6 nitrogen and oxygen atoms in total. The van der Waals surface area contributed by atoms with Gasteiger partial charge in [0.25, 0.3) is 5.88 Å². The Morgan fingerprint density at radius 3 is 2.81 bits per heavy atom. The second kappa shape index (κ2) is 6.76. The predicted octanol–water partition coefficient (Wildman–Crippen LogP) is 2.75. The Bertz CT molecular complexity index is 575. The number of hydrogen-bond acceptors (Lipinski definition) is 5. The van der Waals surface area contributed by atoms with Gasteiger partial charge in [0.2, 0.25) is 5.65 Å². The van der Waals surface area contributed by atoms with Crippen LogP contribution < -0.4 is 10.1 Å². The summed E-state index contributed by atoms with van der Waals surface area (Å²) in [5.74, 6) is 1.31. The van der Waals surface area contributed by atoms with Crippen LogP contribution in [0.2, 0.25) is 0 Å². The standard InChI is InChI=1S/C15H24N4O2/c1-5-6-16-12-11-19-8-7-17-13(19)14(18-12)20-9-10-21-15(2,3)4/h7-8,11,16H,5-6,9-10H2,1-4H3. The number of imidazole rings is 1. The molecule has 0 fully saturated rings. The molecular weight excluding hydrogens is 268 g/mol. The van der Waals surface area contributed by atoms with Gasteiger partial charge in [-0.15, -0.1) is 0 Å². The Kier molecular flexibility index (Phi) is 5.01. The molecule has 2 heterocycles. The lowest BCUT2D eigenvalue weighted by Gasteiger charge is -2.19. The van der Waals surface area contributed by atoms with E-state index in [9.17, 15) is 0 Å². The van der Waals surface area contributed by atoms with Crippen LogP contribution in [0.15, 0.2) is 18.6 Å². The number of hydrogen-bond donors (Lipinski definition) is 1. The average molecular weight is 292 g/mol. The molecule has 1 N–H and O–H groups in total. The van der Waals surface area contributed by atoms with Crippen LogP contribution in [0.5, 0.6) is 5.88 Å². The molecule has 0 atom stereocenters. The molecule has 0 aromatic carbocycles. The van der Waals surface area contributed by atoms with Crippen LogP contribution in [0, 0.1) is 0 Å². The van der Waals surface area contributed by atoms with Gasteiger partial charge < -0.3 is 14.8 Å². The first-order valence-electron chi connectivity index (χ1n) is 7.34. The number of fused-ring (bicyclic) bond motifs is 1. The molecule has 2 aromatic rings. The fraction of sp³-hybridized carbons (Fsp3) is 0.600. The molecule has 0 aliphatic carbocycles. The molecule has 0 spiro atoms. The normalized spacial score (nSPS) is 11.8. The van der Waals surface area contributed by atoms with Crippen LogP contribution in [-0.2, 0) is 4.74 Å². The number of nitrogens with one attached hydrogen (secondary N) is 1. The second-order valence-electron chi connectivity index (χ2n) is 5.83.